The average molecular weight is 181 g/mol. The maximum atomic E-state index is 4.85. The molecule has 0 aromatic rings. The van der Waals surface area contributed by atoms with Crippen molar-refractivity contribution in [3.63, 3.8) is 0 Å². The van der Waals surface area contributed by atoms with Crippen molar-refractivity contribution in [2.24, 2.45) is 17.0 Å². The van der Waals surface area contributed by atoms with E-state index in [2.05, 4.69) is 5.16 Å². The molecule has 2 atom stereocenters. The minimum Gasteiger partial charge on any atom is -0.399 e. The zero-order chi connectivity index (χ0) is 9.10. The zero-order valence-corrected chi connectivity index (χ0v) is 8.46. The first-order chi connectivity index (χ1) is 6.40. The fourth-order valence-electron chi connectivity index (χ4n) is 2.90. The van der Waals surface area contributed by atoms with Gasteiger partial charge in [0.1, 0.15) is 7.11 Å². The Labute approximate surface area is 80.3 Å². The fraction of sp³-hybridized carbons (Fsp3) is 0.909. The first kappa shape index (κ1) is 9.04. The molecule has 0 aromatic heterocycles. The highest BCUT2D eigenvalue weighted by molar-refractivity contribution is 5.84. The third-order valence-electron chi connectivity index (χ3n) is 3.59. The third-order valence-corrected chi connectivity index (χ3v) is 3.59. The largest absolute Gasteiger partial charge is 0.399 e. The van der Waals surface area contributed by atoms with Crippen molar-refractivity contribution >= 4 is 5.71 Å². The predicted molar refractivity (Wildman–Crippen MR) is 53.7 cm³/mol. The van der Waals surface area contributed by atoms with Crippen molar-refractivity contribution in [3.05, 3.63) is 0 Å². The molecule has 0 amide bonds. The first-order valence-corrected chi connectivity index (χ1v) is 5.49. The van der Waals surface area contributed by atoms with Gasteiger partial charge in [-0.2, -0.15) is 0 Å². The molecule has 2 heteroatoms. The maximum absolute atomic E-state index is 4.85. The van der Waals surface area contributed by atoms with E-state index in [0.29, 0.717) is 0 Å². The molecule has 2 aliphatic rings. The molecule has 0 saturated heterocycles. The van der Waals surface area contributed by atoms with Crippen LogP contribution < -0.4 is 0 Å². The molecule has 0 aliphatic heterocycles. The van der Waals surface area contributed by atoms with Crippen LogP contribution in [0, 0.1) is 11.8 Å². The van der Waals surface area contributed by atoms with E-state index in [1.165, 1.54) is 50.7 Å². The van der Waals surface area contributed by atoms with Crippen LogP contribution in [0.4, 0.5) is 0 Å². The fourth-order valence-corrected chi connectivity index (χ4v) is 2.90. The second kappa shape index (κ2) is 4.12. The number of nitrogens with zero attached hydrogens (tertiary/aromatic N) is 1. The summed E-state index contributed by atoms with van der Waals surface area (Å²) in [5.41, 5.74) is 1.30. The molecule has 2 aliphatic carbocycles. The molecule has 0 N–H and O–H groups in total. The van der Waals surface area contributed by atoms with E-state index in [4.69, 9.17) is 4.84 Å². The lowest BCUT2D eigenvalue weighted by Gasteiger charge is -2.35. The van der Waals surface area contributed by atoms with Gasteiger partial charge in [-0.3, -0.25) is 0 Å². The second-order valence-electron chi connectivity index (χ2n) is 4.39. The molecule has 0 aromatic carbocycles. The molecule has 74 valence electrons. The van der Waals surface area contributed by atoms with E-state index in [1.807, 2.05) is 0 Å². The Hall–Kier alpha value is -0.530. The van der Waals surface area contributed by atoms with Crippen molar-refractivity contribution < 1.29 is 4.84 Å². The molecule has 13 heavy (non-hydrogen) atoms. The van der Waals surface area contributed by atoms with Crippen LogP contribution in [0.3, 0.4) is 0 Å². The highest BCUT2D eigenvalue weighted by atomic mass is 16.6. The number of fused-ring (bicyclic) bond motifs is 1. The summed E-state index contributed by atoms with van der Waals surface area (Å²) in [6.45, 7) is 0. The molecule has 2 saturated carbocycles. The molecule has 0 bridgehead atoms. The Morgan fingerprint density at radius 3 is 2.69 bits per heavy atom. The van der Waals surface area contributed by atoms with Gasteiger partial charge < -0.3 is 4.84 Å². The summed E-state index contributed by atoms with van der Waals surface area (Å²) >= 11 is 0. The van der Waals surface area contributed by atoms with Gasteiger partial charge in [-0.25, -0.2) is 0 Å². The van der Waals surface area contributed by atoms with Gasteiger partial charge in [-0.1, -0.05) is 24.4 Å². The first-order valence-electron chi connectivity index (χ1n) is 5.49. The predicted octanol–water partition coefficient (Wildman–Crippen LogP) is 2.98. The van der Waals surface area contributed by atoms with Crippen molar-refractivity contribution in [2.75, 3.05) is 7.11 Å². The van der Waals surface area contributed by atoms with Crippen molar-refractivity contribution in [1.29, 1.82) is 0 Å². The van der Waals surface area contributed by atoms with Crippen LogP contribution in [-0.2, 0) is 4.84 Å². The van der Waals surface area contributed by atoms with Gasteiger partial charge in [-0.05, 0) is 37.5 Å². The quantitative estimate of drug-likeness (QED) is 0.570. The van der Waals surface area contributed by atoms with Gasteiger partial charge in [0.2, 0.25) is 0 Å². The Balaban J connectivity index is 1.95. The molecular formula is C11H19NO. The Kier molecular flexibility index (Phi) is 2.87. The van der Waals surface area contributed by atoms with Crippen LogP contribution >= 0.6 is 0 Å². The maximum Gasteiger partial charge on any atom is 0.106 e. The Morgan fingerprint density at radius 2 is 1.92 bits per heavy atom. The van der Waals surface area contributed by atoms with Gasteiger partial charge in [0.05, 0.1) is 5.71 Å². The van der Waals surface area contributed by atoms with Crippen LogP contribution in [0.15, 0.2) is 5.16 Å². The summed E-state index contributed by atoms with van der Waals surface area (Å²) in [4.78, 5) is 4.85. The summed E-state index contributed by atoms with van der Waals surface area (Å²) in [6.07, 6.45) is 9.51. The summed E-state index contributed by atoms with van der Waals surface area (Å²) in [5, 5.41) is 4.09. The molecule has 2 nitrogen and oxygen atoms in total. The van der Waals surface area contributed by atoms with Gasteiger partial charge >= 0.3 is 0 Å². The minimum atomic E-state index is 0.927. The lowest BCUT2D eigenvalue weighted by Crippen LogP contribution is -2.27. The molecular weight excluding hydrogens is 162 g/mol. The van der Waals surface area contributed by atoms with Crippen LogP contribution in [0.1, 0.15) is 44.9 Å². The van der Waals surface area contributed by atoms with Crippen molar-refractivity contribution in [3.8, 4) is 0 Å². The number of rotatable bonds is 1. The summed E-state index contributed by atoms with van der Waals surface area (Å²) in [7, 11) is 1.65. The van der Waals surface area contributed by atoms with Crippen LogP contribution in [-0.4, -0.2) is 12.8 Å². The van der Waals surface area contributed by atoms with E-state index in [0.717, 1.165) is 11.8 Å². The molecule has 0 unspecified atom stereocenters. The van der Waals surface area contributed by atoms with Gasteiger partial charge in [0.25, 0.3) is 0 Å². The molecule has 0 heterocycles. The van der Waals surface area contributed by atoms with E-state index in [-0.39, 0.29) is 0 Å². The smallest absolute Gasteiger partial charge is 0.106 e. The Morgan fingerprint density at radius 1 is 1.15 bits per heavy atom. The molecule has 0 spiro atoms. The lowest BCUT2D eigenvalue weighted by atomic mass is 9.70. The summed E-state index contributed by atoms with van der Waals surface area (Å²) in [6, 6.07) is 0. The Bertz CT molecular complexity index is 200. The van der Waals surface area contributed by atoms with Crippen molar-refractivity contribution in [2.45, 2.75) is 44.9 Å². The highest BCUT2D eigenvalue weighted by Gasteiger charge is 2.30. The van der Waals surface area contributed by atoms with Gasteiger partial charge in [-0.15, -0.1) is 0 Å². The summed E-state index contributed by atoms with van der Waals surface area (Å²) < 4.78 is 0. The second-order valence-corrected chi connectivity index (χ2v) is 4.39. The van der Waals surface area contributed by atoms with Crippen LogP contribution in [0.25, 0.3) is 0 Å². The summed E-state index contributed by atoms with van der Waals surface area (Å²) in [5.74, 6) is 1.93. The molecule has 2 rings (SSSR count). The normalized spacial score (nSPS) is 37.2. The average Bonchev–Trinajstić information content (AvgIpc) is 2.18. The van der Waals surface area contributed by atoms with Gasteiger partial charge in [0, 0.05) is 0 Å². The van der Waals surface area contributed by atoms with Gasteiger partial charge in [0.15, 0.2) is 0 Å². The zero-order valence-electron chi connectivity index (χ0n) is 8.46. The number of hydrogen-bond donors (Lipinski definition) is 0. The van der Waals surface area contributed by atoms with E-state index in [1.54, 1.807) is 7.11 Å². The van der Waals surface area contributed by atoms with E-state index in [9.17, 15) is 0 Å². The van der Waals surface area contributed by atoms with Crippen LogP contribution in [0.5, 0.6) is 0 Å². The monoisotopic (exact) mass is 181 g/mol. The minimum absolute atomic E-state index is 0.927. The SMILES string of the molecule is CO/N=C1/CC[C@@H]2CCCC[C@H]2C1. The standard InChI is InChI=1S/C11H19NO/c1-13-12-11-7-6-9-4-2-3-5-10(9)8-11/h9-10H,2-8H2,1H3/b12-11-/t9-,10-/m0/s1. The van der Waals surface area contributed by atoms with E-state index >= 15 is 0 Å². The lowest BCUT2D eigenvalue weighted by molar-refractivity contribution is 0.191. The third kappa shape index (κ3) is 2.04. The molecule has 0 radical (unpaired) electrons. The topological polar surface area (TPSA) is 21.6 Å². The van der Waals surface area contributed by atoms with E-state index < -0.39 is 0 Å². The highest BCUT2D eigenvalue weighted by Crippen LogP contribution is 2.39. The van der Waals surface area contributed by atoms with Crippen LogP contribution in [0.2, 0.25) is 0 Å². The number of oxime groups is 1. The van der Waals surface area contributed by atoms with Crippen molar-refractivity contribution in [1.82, 2.24) is 0 Å². The molecule has 2 fully saturated rings. The number of hydrogen-bond acceptors (Lipinski definition) is 2.